The van der Waals surface area contributed by atoms with Gasteiger partial charge in [-0.2, -0.15) is 0 Å². The zero-order valence-electron chi connectivity index (χ0n) is 11.0. The van der Waals surface area contributed by atoms with Gasteiger partial charge in [0.15, 0.2) is 0 Å². The average Bonchev–Trinajstić information content (AvgIpc) is 2.18. The van der Waals surface area contributed by atoms with Gasteiger partial charge in [-0.25, -0.2) is 0 Å². The molecule has 0 aromatic heterocycles. The maximum absolute atomic E-state index is 3.37. The van der Waals surface area contributed by atoms with Crippen molar-refractivity contribution in [3.05, 3.63) is 0 Å². The quantitative estimate of drug-likeness (QED) is 0.752. The number of hydrogen-bond donors (Lipinski definition) is 1. The Hall–Kier alpha value is -0.120. The summed E-state index contributed by atoms with van der Waals surface area (Å²) >= 11 is 0. The van der Waals surface area contributed by atoms with Gasteiger partial charge in [0.05, 0.1) is 0 Å². The number of nitrogens with one attached hydrogen (secondary N) is 1. The normalized spacial score (nSPS) is 21.2. The van der Waals surface area contributed by atoms with E-state index in [2.05, 4.69) is 42.8 Å². The summed E-state index contributed by atoms with van der Waals surface area (Å²) < 4.78 is 0. The largest absolute Gasteiger partial charge is 0.314 e. The van der Waals surface area contributed by atoms with Crippen LogP contribution in [0.2, 0.25) is 0 Å². The highest BCUT2D eigenvalue weighted by Crippen LogP contribution is 2.10. The Bertz CT molecular complexity index is 181. The lowest BCUT2D eigenvalue weighted by Crippen LogP contribution is -2.54. The van der Waals surface area contributed by atoms with Crippen LogP contribution in [0.25, 0.3) is 0 Å². The van der Waals surface area contributed by atoms with Gasteiger partial charge in [-0.05, 0) is 34.7 Å². The molecule has 1 saturated heterocycles. The minimum atomic E-state index is 0.236. The van der Waals surface area contributed by atoms with Gasteiger partial charge in [0.2, 0.25) is 0 Å². The number of rotatable bonds is 4. The van der Waals surface area contributed by atoms with E-state index in [1.165, 1.54) is 26.2 Å². The van der Waals surface area contributed by atoms with Gasteiger partial charge in [-0.1, -0.05) is 0 Å². The Labute approximate surface area is 94.8 Å². The Balaban J connectivity index is 2.32. The molecule has 3 heteroatoms. The van der Waals surface area contributed by atoms with Crippen molar-refractivity contribution in [2.45, 2.75) is 39.3 Å². The molecule has 1 aliphatic heterocycles. The average molecular weight is 213 g/mol. The van der Waals surface area contributed by atoms with E-state index in [0.29, 0.717) is 6.04 Å². The molecule has 0 radical (unpaired) electrons. The summed E-state index contributed by atoms with van der Waals surface area (Å²) in [6.45, 7) is 15.1. The molecule has 90 valence electrons. The summed E-state index contributed by atoms with van der Waals surface area (Å²) in [6.07, 6.45) is 0. The third-order valence-corrected chi connectivity index (χ3v) is 3.43. The van der Waals surface area contributed by atoms with Crippen LogP contribution < -0.4 is 5.32 Å². The predicted molar refractivity (Wildman–Crippen MR) is 66.3 cm³/mol. The number of nitrogens with zero attached hydrogens (tertiary/aromatic N) is 2. The molecule has 0 spiro atoms. The van der Waals surface area contributed by atoms with E-state index >= 15 is 0 Å². The van der Waals surface area contributed by atoms with Crippen LogP contribution in [0.4, 0.5) is 0 Å². The van der Waals surface area contributed by atoms with Crippen molar-refractivity contribution < 1.29 is 0 Å². The van der Waals surface area contributed by atoms with Gasteiger partial charge >= 0.3 is 0 Å². The van der Waals surface area contributed by atoms with Gasteiger partial charge in [0.25, 0.3) is 0 Å². The topological polar surface area (TPSA) is 18.5 Å². The second-order valence-corrected chi connectivity index (χ2v) is 5.54. The zero-order chi connectivity index (χ0) is 11.5. The van der Waals surface area contributed by atoms with E-state index in [4.69, 9.17) is 0 Å². The van der Waals surface area contributed by atoms with Crippen LogP contribution in [0.5, 0.6) is 0 Å². The molecule has 0 aromatic rings. The predicted octanol–water partition coefficient (Wildman–Crippen LogP) is 1.01. The zero-order valence-corrected chi connectivity index (χ0v) is 11.0. The lowest BCUT2D eigenvalue weighted by atomic mass is 10.0. The molecule has 1 rings (SSSR count). The van der Waals surface area contributed by atoms with Crippen LogP contribution >= 0.6 is 0 Å². The first kappa shape index (κ1) is 12.9. The molecular formula is C12H27N3. The maximum Gasteiger partial charge on any atom is 0.0249 e. The molecule has 0 unspecified atom stereocenters. The molecule has 1 heterocycles. The fraction of sp³-hybridized carbons (Fsp3) is 1.00. The lowest BCUT2D eigenvalue weighted by molar-refractivity contribution is 0.0912. The molecule has 0 amide bonds. The Morgan fingerprint density at radius 2 is 1.67 bits per heavy atom. The van der Waals surface area contributed by atoms with E-state index in [0.717, 1.165) is 6.54 Å². The highest BCUT2D eigenvalue weighted by molar-refractivity contribution is 4.83. The number of likely N-dealkylation sites (N-methyl/N-ethyl adjacent to an activating group) is 1. The first-order chi connectivity index (χ1) is 6.94. The van der Waals surface area contributed by atoms with E-state index in [-0.39, 0.29) is 5.54 Å². The molecule has 0 aromatic carbocycles. The van der Waals surface area contributed by atoms with Crippen molar-refractivity contribution in [3.63, 3.8) is 0 Å². The summed E-state index contributed by atoms with van der Waals surface area (Å²) in [5.41, 5.74) is 0.236. The van der Waals surface area contributed by atoms with Crippen LogP contribution in [0.1, 0.15) is 27.7 Å². The van der Waals surface area contributed by atoms with Crippen molar-refractivity contribution >= 4 is 0 Å². The van der Waals surface area contributed by atoms with E-state index in [1.54, 1.807) is 0 Å². The van der Waals surface area contributed by atoms with Gasteiger partial charge in [0.1, 0.15) is 0 Å². The highest BCUT2D eigenvalue weighted by Gasteiger charge is 2.23. The minimum absolute atomic E-state index is 0.236. The molecule has 0 atom stereocenters. The van der Waals surface area contributed by atoms with Crippen molar-refractivity contribution in [1.29, 1.82) is 0 Å². The maximum atomic E-state index is 3.37. The molecule has 3 nitrogen and oxygen atoms in total. The summed E-state index contributed by atoms with van der Waals surface area (Å²) in [6, 6.07) is 0.699. The molecule has 1 N–H and O–H groups in total. The van der Waals surface area contributed by atoms with Crippen LogP contribution in [0, 0.1) is 0 Å². The van der Waals surface area contributed by atoms with Crippen LogP contribution in [-0.4, -0.2) is 61.2 Å². The molecule has 0 bridgehead atoms. The lowest BCUT2D eigenvalue weighted by Gasteiger charge is -2.40. The Morgan fingerprint density at radius 1 is 1.13 bits per heavy atom. The van der Waals surface area contributed by atoms with Crippen LogP contribution in [-0.2, 0) is 0 Å². The summed E-state index contributed by atoms with van der Waals surface area (Å²) in [5.74, 6) is 0. The standard InChI is InChI=1S/C12H27N3/c1-11(2)15-8-6-14(7-9-15)10-12(3,4)13-5/h11,13H,6-10H2,1-5H3. The van der Waals surface area contributed by atoms with Gasteiger partial charge < -0.3 is 5.32 Å². The number of hydrogen-bond acceptors (Lipinski definition) is 3. The monoisotopic (exact) mass is 213 g/mol. The van der Waals surface area contributed by atoms with Crippen molar-refractivity contribution in [2.24, 2.45) is 0 Å². The second-order valence-electron chi connectivity index (χ2n) is 5.54. The SMILES string of the molecule is CNC(C)(C)CN1CCN(C(C)C)CC1. The van der Waals surface area contributed by atoms with Crippen molar-refractivity contribution in [3.8, 4) is 0 Å². The summed E-state index contributed by atoms with van der Waals surface area (Å²) in [4.78, 5) is 5.12. The summed E-state index contributed by atoms with van der Waals surface area (Å²) in [5, 5.41) is 3.37. The van der Waals surface area contributed by atoms with Gasteiger partial charge in [-0.15, -0.1) is 0 Å². The van der Waals surface area contributed by atoms with Crippen molar-refractivity contribution in [1.82, 2.24) is 15.1 Å². The Kier molecular flexibility index (Phi) is 4.56. The third-order valence-electron chi connectivity index (χ3n) is 3.43. The molecule has 15 heavy (non-hydrogen) atoms. The second kappa shape index (κ2) is 5.28. The molecule has 0 aliphatic carbocycles. The summed E-state index contributed by atoms with van der Waals surface area (Å²) in [7, 11) is 2.05. The highest BCUT2D eigenvalue weighted by atomic mass is 15.3. The van der Waals surface area contributed by atoms with Crippen LogP contribution in [0.15, 0.2) is 0 Å². The number of piperazine rings is 1. The smallest absolute Gasteiger partial charge is 0.0249 e. The third kappa shape index (κ3) is 4.09. The molecule has 1 fully saturated rings. The minimum Gasteiger partial charge on any atom is -0.314 e. The van der Waals surface area contributed by atoms with Gasteiger partial charge in [-0.3, -0.25) is 9.80 Å². The Morgan fingerprint density at radius 3 is 2.07 bits per heavy atom. The van der Waals surface area contributed by atoms with Gasteiger partial charge in [0, 0.05) is 44.3 Å². The van der Waals surface area contributed by atoms with E-state index in [9.17, 15) is 0 Å². The van der Waals surface area contributed by atoms with E-state index < -0.39 is 0 Å². The molecule has 0 saturated carbocycles. The molecular weight excluding hydrogens is 186 g/mol. The van der Waals surface area contributed by atoms with Crippen molar-refractivity contribution in [2.75, 3.05) is 39.8 Å². The fourth-order valence-corrected chi connectivity index (χ4v) is 2.08. The van der Waals surface area contributed by atoms with Crippen LogP contribution in [0.3, 0.4) is 0 Å². The van der Waals surface area contributed by atoms with E-state index in [1.807, 2.05) is 7.05 Å². The first-order valence-corrected chi connectivity index (χ1v) is 6.10. The molecule has 1 aliphatic rings. The first-order valence-electron chi connectivity index (χ1n) is 6.10. The fourth-order valence-electron chi connectivity index (χ4n) is 2.08.